The van der Waals surface area contributed by atoms with E-state index in [4.69, 9.17) is 4.74 Å². The Kier molecular flexibility index (Phi) is 6.08. The van der Waals surface area contributed by atoms with Crippen LogP contribution in [0.1, 0.15) is 18.4 Å². The fourth-order valence-corrected chi connectivity index (χ4v) is 3.70. The number of ether oxygens (including phenoxy) is 1. The lowest BCUT2D eigenvalue weighted by atomic mass is 9.92. The number of pyridine rings is 1. The number of likely N-dealkylation sites (tertiary alicyclic amines) is 1. The molecule has 2 fully saturated rings. The Morgan fingerprint density at radius 1 is 1.23 bits per heavy atom. The van der Waals surface area contributed by atoms with Crippen LogP contribution in [0.4, 0.5) is 4.79 Å². The molecule has 1 N–H and O–H groups in total. The minimum Gasteiger partial charge on any atom is -0.379 e. The zero-order valence-electron chi connectivity index (χ0n) is 15.6. The molecule has 0 saturated carbocycles. The standard InChI is InChI=1S/C19H28N4O3/c1-22(2)19(25)23-9-5-15(6-10-23)18(24)21-17-13-26-12-16(17)11-14-3-7-20-8-4-14/h3-4,7-8,15-17H,5-6,9-13H2,1-2H3,(H,21,24)/t16-,17-/m1/s1. The third-order valence-electron chi connectivity index (χ3n) is 5.29. The van der Waals surface area contributed by atoms with E-state index in [2.05, 4.69) is 10.3 Å². The molecule has 2 atom stereocenters. The van der Waals surface area contributed by atoms with Crippen molar-refractivity contribution < 1.29 is 14.3 Å². The maximum atomic E-state index is 12.7. The van der Waals surface area contributed by atoms with Gasteiger partial charge in [0, 0.05) is 51.4 Å². The van der Waals surface area contributed by atoms with Gasteiger partial charge in [0.15, 0.2) is 0 Å². The fraction of sp³-hybridized carbons (Fsp3) is 0.632. The van der Waals surface area contributed by atoms with E-state index in [1.54, 1.807) is 31.4 Å². The molecule has 142 valence electrons. The van der Waals surface area contributed by atoms with Gasteiger partial charge in [-0.1, -0.05) is 0 Å². The maximum absolute atomic E-state index is 12.7. The Morgan fingerprint density at radius 2 is 1.92 bits per heavy atom. The lowest BCUT2D eigenvalue weighted by Crippen LogP contribution is -2.49. The first kappa shape index (κ1) is 18.6. The predicted octanol–water partition coefficient (Wildman–Crippen LogP) is 1.15. The van der Waals surface area contributed by atoms with Crippen LogP contribution in [0, 0.1) is 11.8 Å². The highest BCUT2D eigenvalue weighted by molar-refractivity contribution is 5.80. The van der Waals surface area contributed by atoms with Crippen LogP contribution in [-0.4, -0.2) is 73.2 Å². The molecular weight excluding hydrogens is 332 g/mol. The summed E-state index contributed by atoms with van der Waals surface area (Å²) >= 11 is 0. The Balaban J connectivity index is 1.49. The van der Waals surface area contributed by atoms with Gasteiger partial charge >= 0.3 is 6.03 Å². The van der Waals surface area contributed by atoms with Crippen molar-refractivity contribution in [2.45, 2.75) is 25.3 Å². The molecule has 3 heterocycles. The summed E-state index contributed by atoms with van der Waals surface area (Å²) in [5.41, 5.74) is 1.21. The van der Waals surface area contributed by atoms with Crippen LogP contribution >= 0.6 is 0 Å². The topological polar surface area (TPSA) is 74.8 Å². The fourth-order valence-electron chi connectivity index (χ4n) is 3.70. The molecule has 0 aliphatic carbocycles. The number of urea groups is 1. The lowest BCUT2D eigenvalue weighted by Gasteiger charge is -2.33. The summed E-state index contributed by atoms with van der Waals surface area (Å²) in [7, 11) is 3.51. The van der Waals surface area contributed by atoms with Crippen molar-refractivity contribution in [3.05, 3.63) is 30.1 Å². The zero-order chi connectivity index (χ0) is 18.5. The molecule has 1 aromatic rings. The number of piperidine rings is 1. The first-order valence-corrected chi connectivity index (χ1v) is 9.28. The molecule has 3 amide bonds. The molecule has 26 heavy (non-hydrogen) atoms. The molecule has 1 aromatic heterocycles. The van der Waals surface area contributed by atoms with Gasteiger partial charge in [-0.05, 0) is 37.0 Å². The van der Waals surface area contributed by atoms with Gasteiger partial charge in [0.1, 0.15) is 0 Å². The second-order valence-electron chi connectivity index (χ2n) is 7.41. The molecule has 0 aromatic carbocycles. The van der Waals surface area contributed by atoms with Crippen LogP contribution < -0.4 is 5.32 Å². The third-order valence-corrected chi connectivity index (χ3v) is 5.29. The van der Waals surface area contributed by atoms with Crippen molar-refractivity contribution in [3.63, 3.8) is 0 Å². The number of carbonyl (C=O) groups is 2. The molecule has 2 aliphatic heterocycles. The third kappa shape index (κ3) is 4.52. The van der Waals surface area contributed by atoms with Crippen LogP contribution in [0.25, 0.3) is 0 Å². The van der Waals surface area contributed by atoms with E-state index < -0.39 is 0 Å². The SMILES string of the molecule is CN(C)C(=O)N1CCC(C(=O)N[C@@H]2COC[C@H]2Cc2ccncc2)CC1. The molecule has 7 heteroatoms. The van der Waals surface area contributed by atoms with Crippen molar-refractivity contribution in [2.24, 2.45) is 11.8 Å². The molecule has 2 saturated heterocycles. The molecule has 0 unspecified atom stereocenters. The predicted molar refractivity (Wildman–Crippen MR) is 97.6 cm³/mol. The Hall–Kier alpha value is -2.15. The highest BCUT2D eigenvalue weighted by atomic mass is 16.5. The Labute approximate surface area is 154 Å². The normalized spacial score (nSPS) is 23.7. The second-order valence-corrected chi connectivity index (χ2v) is 7.41. The van der Waals surface area contributed by atoms with Crippen LogP contribution in [-0.2, 0) is 16.0 Å². The zero-order valence-corrected chi connectivity index (χ0v) is 15.6. The lowest BCUT2D eigenvalue weighted by molar-refractivity contribution is -0.127. The second kappa shape index (κ2) is 8.49. The molecule has 2 aliphatic rings. The summed E-state index contributed by atoms with van der Waals surface area (Å²) in [4.78, 5) is 32.1. The van der Waals surface area contributed by atoms with Gasteiger partial charge in [0.05, 0.1) is 19.3 Å². The van der Waals surface area contributed by atoms with Crippen molar-refractivity contribution >= 4 is 11.9 Å². The summed E-state index contributed by atoms with van der Waals surface area (Å²) in [6, 6.07) is 4.09. The molecule has 3 rings (SSSR count). The van der Waals surface area contributed by atoms with E-state index in [0.29, 0.717) is 39.1 Å². The first-order chi connectivity index (χ1) is 12.5. The van der Waals surface area contributed by atoms with E-state index in [1.165, 1.54) is 5.56 Å². The Morgan fingerprint density at radius 3 is 2.58 bits per heavy atom. The van der Waals surface area contributed by atoms with E-state index in [0.717, 1.165) is 6.42 Å². The van der Waals surface area contributed by atoms with Crippen LogP contribution in [0.3, 0.4) is 0 Å². The number of nitrogens with one attached hydrogen (secondary N) is 1. The van der Waals surface area contributed by atoms with Gasteiger partial charge in [-0.15, -0.1) is 0 Å². The number of carbonyl (C=O) groups excluding carboxylic acids is 2. The van der Waals surface area contributed by atoms with Gasteiger partial charge in [-0.25, -0.2) is 4.79 Å². The molecule has 0 bridgehead atoms. The first-order valence-electron chi connectivity index (χ1n) is 9.28. The van der Waals surface area contributed by atoms with Crippen molar-refractivity contribution in [3.8, 4) is 0 Å². The number of hydrogen-bond donors (Lipinski definition) is 1. The van der Waals surface area contributed by atoms with Crippen LogP contribution in [0.2, 0.25) is 0 Å². The maximum Gasteiger partial charge on any atom is 0.319 e. The van der Waals surface area contributed by atoms with E-state index in [1.807, 2.05) is 17.0 Å². The largest absolute Gasteiger partial charge is 0.379 e. The summed E-state index contributed by atoms with van der Waals surface area (Å²) in [5, 5.41) is 3.19. The molecular formula is C19H28N4O3. The highest BCUT2D eigenvalue weighted by Gasteiger charge is 2.33. The van der Waals surface area contributed by atoms with E-state index in [-0.39, 0.29) is 29.8 Å². The summed E-state index contributed by atoms with van der Waals surface area (Å²) in [6.45, 7) is 2.51. The smallest absolute Gasteiger partial charge is 0.319 e. The number of aromatic nitrogens is 1. The highest BCUT2D eigenvalue weighted by Crippen LogP contribution is 2.22. The van der Waals surface area contributed by atoms with Gasteiger partial charge < -0.3 is 19.9 Å². The Bertz CT molecular complexity index is 614. The molecule has 7 nitrogen and oxygen atoms in total. The number of nitrogens with zero attached hydrogens (tertiary/aromatic N) is 3. The average molecular weight is 360 g/mol. The van der Waals surface area contributed by atoms with Gasteiger partial charge in [0.25, 0.3) is 0 Å². The van der Waals surface area contributed by atoms with E-state index >= 15 is 0 Å². The van der Waals surface area contributed by atoms with Crippen LogP contribution in [0.5, 0.6) is 0 Å². The average Bonchev–Trinajstić information content (AvgIpc) is 3.08. The molecule has 0 radical (unpaired) electrons. The van der Waals surface area contributed by atoms with Crippen molar-refractivity contribution in [2.75, 3.05) is 40.4 Å². The summed E-state index contributed by atoms with van der Waals surface area (Å²) in [6.07, 6.45) is 5.90. The quantitative estimate of drug-likeness (QED) is 0.874. The number of hydrogen-bond acceptors (Lipinski definition) is 4. The minimum atomic E-state index is -0.0246. The number of rotatable bonds is 4. The monoisotopic (exact) mass is 360 g/mol. The van der Waals surface area contributed by atoms with Gasteiger partial charge in [-0.3, -0.25) is 9.78 Å². The van der Waals surface area contributed by atoms with Gasteiger partial charge in [0.2, 0.25) is 5.91 Å². The van der Waals surface area contributed by atoms with Crippen LogP contribution in [0.15, 0.2) is 24.5 Å². The van der Waals surface area contributed by atoms with Crippen molar-refractivity contribution in [1.29, 1.82) is 0 Å². The molecule has 0 spiro atoms. The van der Waals surface area contributed by atoms with E-state index in [9.17, 15) is 9.59 Å². The minimum absolute atomic E-state index is 0.0190. The summed E-state index contributed by atoms with van der Waals surface area (Å²) in [5.74, 6) is 0.359. The van der Waals surface area contributed by atoms with Gasteiger partial charge in [-0.2, -0.15) is 0 Å². The number of amides is 3. The summed E-state index contributed by atoms with van der Waals surface area (Å²) < 4.78 is 5.62. The van der Waals surface area contributed by atoms with Crippen molar-refractivity contribution in [1.82, 2.24) is 20.1 Å².